The van der Waals surface area contributed by atoms with E-state index in [9.17, 15) is 25.0 Å². The third kappa shape index (κ3) is 3.08. The summed E-state index contributed by atoms with van der Waals surface area (Å²) in [6.07, 6.45) is 2.01. The van der Waals surface area contributed by atoms with E-state index in [1.807, 2.05) is 33.8 Å². The highest BCUT2D eigenvalue weighted by Crippen LogP contribution is 2.45. The Bertz CT molecular complexity index is 1110. The Morgan fingerprint density at radius 2 is 1.66 bits per heavy atom. The van der Waals surface area contributed by atoms with Gasteiger partial charge in [0, 0.05) is 23.8 Å². The molecular formula is C25H28N2O5. The van der Waals surface area contributed by atoms with Crippen LogP contribution < -0.4 is 5.06 Å². The predicted octanol–water partition coefficient (Wildman–Crippen LogP) is 2.17. The van der Waals surface area contributed by atoms with Crippen LogP contribution in [0.3, 0.4) is 0 Å². The lowest BCUT2D eigenvalue weighted by Crippen LogP contribution is -3.20. The van der Waals surface area contributed by atoms with Gasteiger partial charge in [-0.3, -0.25) is 4.79 Å². The van der Waals surface area contributed by atoms with Gasteiger partial charge < -0.3 is 25.4 Å². The van der Waals surface area contributed by atoms with Crippen LogP contribution >= 0.6 is 0 Å². The van der Waals surface area contributed by atoms with Crippen molar-refractivity contribution in [3.05, 3.63) is 82.7 Å². The quantitative estimate of drug-likeness (QED) is 0.635. The summed E-state index contributed by atoms with van der Waals surface area (Å²) in [6.45, 7) is 7.36. The summed E-state index contributed by atoms with van der Waals surface area (Å²) in [7, 11) is 0. The van der Waals surface area contributed by atoms with Gasteiger partial charge in [0.25, 0.3) is 0 Å². The van der Waals surface area contributed by atoms with E-state index in [-0.39, 0.29) is 21.8 Å². The second kappa shape index (κ2) is 7.27. The number of hydrogen-bond acceptors (Lipinski definition) is 5. The Kier molecular flexibility index (Phi) is 5.04. The molecule has 32 heavy (non-hydrogen) atoms. The van der Waals surface area contributed by atoms with Crippen molar-refractivity contribution in [3.63, 3.8) is 0 Å². The van der Waals surface area contributed by atoms with Crippen molar-refractivity contribution < 1.29 is 24.9 Å². The van der Waals surface area contributed by atoms with Crippen LogP contribution in [0.15, 0.2) is 60.8 Å². The Balaban J connectivity index is 1.95. The molecule has 0 radical (unpaired) electrons. The number of aromatic carboxylic acids is 1. The van der Waals surface area contributed by atoms with Gasteiger partial charge in [-0.25, -0.2) is 4.79 Å². The maximum Gasteiger partial charge on any atom is 0.336 e. The summed E-state index contributed by atoms with van der Waals surface area (Å²) < 4.78 is 0. The van der Waals surface area contributed by atoms with E-state index in [4.69, 9.17) is 0 Å². The minimum atomic E-state index is -2.25. The second-order valence-corrected chi connectivity index (χ2v) is 9.82. The van der Waals surface area contributed by atoms with Crippen LogP contribution in [0.5, 0.6) is 0 Å². The van der Waals surface area contributed by atoms with Crippen LogP contribution in [0.4, 0.5) is 0 Å². The molecule has 1 saturated heterocycles. The molecule has 7 nitrogen and oxygen atoms in total. The van der Waals surface area contributed by atoms with Crippen LogP contribution in [0.1, 0.15) is 55.6 Å². The third-order valence-corrected chi connectivity index (χ3v) is 6.89. The summed E-state index contributed by atoms with van der Waals surface area (Å²) in [5.74, 6) is -1.85. The van der Waals surface area contributed by atoms with Crippen molar-refractivity contribution in [1.29, 1.82) is 0 Å². The molecule has 0 aromatic heterocycles. The summed E-state index contributed by atoms with van der Waals surface area (Å²) >= 11 is 0. The fourth-order valence-corrected chi connectivity index (χ4v) is 5.27. The number of rotatable bonds is 4. The van der Waals surface area contributed by atoms with E-state index in [1.54, 1.807) is 42.6 Å². The highest BCUT2D eigenvalue weighted by molar-refractivity contribution is 6.26. The number of carbonyl (C=O) groups is 2. The number of hydroxylamine groups is 2. The van der Waals surface area contributed by atoms with E-state index in [1.165, 1.54) is 17.0 Å². The number of carboxylic acids is 1. The number of hydrogen-bond donors (Lipinski definition) is 3. The average Bonchev–Trinajstić information content (AvgIpc) is 3.11. The molecule has 0 saturated carbocycles. The first kappa shape index (κ1) is 22.2. The first-order valence-electron chi connectivity index (χ1n) is 10.6. The van der Waals surface area contributed by atoms with Crippen molar-refractivity contribution in [1.82, 2.24) is 4.90 Å². The van der Waals surface area contributed by atoms with E-state index in [0.717, 1.165) is 0 Å². The number of quaternary nitrogens is 1. The Morgan fingerprint density at radius 3 is 2.22 bits per heavy atom. The zero-order chi connectivity index (χ0) is 23.5. The molecule has 2 aliphatic rings. The molecule has 4 rings (SSSR count). The van der Waals surface area contributed by atoms with Crippen molar-refractivity contribution in [2.45, 2.75) is 57.0 Å². The lowest BCUT2D eigenvalue weighted by molar-refractivity contribution is -0.933. The predicted molar refractivity (Wildman–Crippen MR) is 119 cm³/mol. The van der Waals surface area contributed by atoms with Crippen LogP contribution in [-0.4, -0.2) is 44.0 Å². The van der Waals surface area contributed by atoms with Gasteiger partial charge in [-0.2, -0.15) is 0 Å². The summed E-state index contributed by atoms with van der Waals surface area (Å²) in [4.78, 5) is 27.3. The number of carboxylic acid groups (broad SMARTS) is 1. The number of benzene rings is 2. The van der Waals surface area contributed by atoms with Gasteiger partial charge >= 0.3 is 5.97 Å². The molecule has 168 valence electrons. The van der Waals surface area contributed by atoms with E-state index in [2.05, 4.69) is 0 Å². The molecule has 1 fully saturated rings. The second-order valence-electron chi connectivity index (χ2n) is 9.82. The fourth-order valence-electron chi connectivity index (χ4n) is 5.27. The summed E-state index contributed by atoms with van der Waals surface area (Å²) in [5.41, 5.74) is -3.02. The molecule has 0 bridgehead atoms. The topological polar surface area (TPSA) is 105 Å². The van der Waals surface area contributed by atoms with Gasteiger partial charge in [-0.15, -0.1) is 0 Å². The number of nitrogens with zero attached hydrogens (tertiary/aromatic N) is 1. The number of Topliss-reactive ketones (excluding diaryl/α,β-unsaturated/α-hetero) is 1. The van der Waals surface area contributed by atoms with E-state index < -0.39 is 34.6 Å². The summed E-state index contributed by atoms with van der Waals surface area (Å²) in [5, 5.41) is 35.0. The minimum absolute atomic E-state index is 0.00682. The number of carbonyl (C=O) groups excluding carboxylic acids is 1. The van der Waals surface area contributed by atoms with Gasteiger partial charge in [0.05, 0.1) is 17.1 Å². The first-order chi connectivity index (χ1) is 14.9. The summed E-state index contributed by atoms with van der Waals surface area (Å²) in [6, 6.07) is 14.4. The van der Waals surface area contributed by atoms with Crippen molar-refractivity contribution >= 4 is 17.3 Å². The van der Waals surface area contributed by atoms with Gasteiger partial charge in [0.2, 0.25) is 11.5 Å². The molecule has 0 amide bonds. The van der Waals surface area contributed by atoms with Gasteiger partial charge in [-0.05, 0) is 39.3 Å². The molecule has 0 spiro atoms. The molecule has 0 aliphatic carbocycles. The van der Waals surface area contributed by atoms with E-state index in [0.29, 0.717) is 12.0 Å². The van der Waals surface area contributed by atoms with Crippen molar-refractivity contribution in [2.24, 2.45) is 0 Å². The molecule has 3 N–H and O–H groups in total. The van der Waals surface area contributed by atoms with Gasteiger partial charge in [-0.1, -0.05) is 48.5 Å². The Hall–Kier alpha value is -3.00. The zero-order valence-electron chi connectivity index (χ0n) is 18.6. The highest BCUT2D eigenvalue weighted by atomic mass is 16.5. The van der Waals surface area contributed by atoms with E-state index >= 15 is 0 Å². The largest absolute Gasteiger partial charge is 0.633 e. The molecule has 2 aliphatic heterocycles. The molecule has 2 aromatic rings. The number of aliphatic hydroxyl groups is 1. The fraction of sp³-hybridized carbons (Fsp3) is 0.360. The van der Waals surface area contributed by atoms with Crippen molar-refractivity contribution in [3.8, 4) is 0 Å². The van der Waals surface area contributed by atoms with Gasteiger partial charge in [0.15, 0.2) is 0 Å². The molecule has 3 atom stereocenters. The standard InChI is InChI=1S/C25H28N2O5/c1-23(2)14-20(24(3,4)27(23)32)26-15-18(16-10-6-5-7-11-16)21(28)25(26,31)19-13-9-8-12-17(19)22(29)30/h5-13,15,20,27,31H,14H2,1-4H3,(H,29,30). The molecular weight excluding hydrogens is 408 g/mol. The highest BCUT2D eigenvalue weighted by Gasteiger charge is 2.61. The minimum Gasteiger partial charge on any atom is -0.633 e. The monoisotopic (exact) mass is 436 g/mol. The maximum atomic E-state index is 13.8. The first-order valence-corrected chi connectivity index (χ1v) is 10.6. The molecule has 7 heteroatoms. The number of ketones is 1. The molecule has 2 heterocycles. The Labute approximate surface area is 187 Å². The lowest BCUT2D eigenvalue weighted by atomic mass is 9.86. The van der Waals surface area contributed by atoms with Crippen LogP contribution in [-0.2, 0) is 10.5 Å². The van der Waals surface area contributed by atoms with Gasteiger partial charge in [0.1, 0.15) is 5.54 Å². The normalized spacial score (nSPS) is 28.6. The van der Waals surface area contributed by atoms with Crippen LogP contribution in [0, 0.1) is 5.21 Å². The molecule has 2 aromatic carbocycles. The SMILES string of the molecule is CC1(C)CC(N2C=C(c3ccccc3)C(=O)C2(O)c2ccccc2C(=O)O)C(C)(C)[NH+]1[O-]. The maximum absolute atomic E-state index is 13.8. The number of nitrogens with one attached hydrogen (secondary N) is 1. The van der Waals surface area contributed by atoms with Crippen LogP contribution in [0.25, 0.3) is 5.57 Å². The molecule has 3 unspecified atom stereocenters. The third-order valence-electron chi connectivity index (χ3n) is 6.89. The zero-order valence-corrected chi connectivity index (χ0v) is 18.6. The Morgan fingerprint density at radius 1 is 1.06 bits per heavy atom. The van der Waals surface area contributed by atoms with Crippen LogP contribution in [0.2, 0.25) is 0 Å². The lowest BCUT2D eigenvalue weighted by Gasteiger charge is -2.45. The smallest absolute Gasteiger partial charge is 0.336 e. The van der Waals surface area contributed by atoms with Crippen molar-refractivity contribution in [2.75, 3.05) is 0 Å². The average molecular weight is 437 g/mol.